The standard InChI is InChI=1S/C15H30N2O/c1-13(2)12-16-8-3-4-9-17-10-11-18-15-7-5-6-14(15)17/h13-16H,3-12H2,1-2H3. The first kappa shape index (κ1) is 14.3. The van der Waals surface area contributed by atoms with Gasteiger partial charge in [-0.3, -0.25) is 4.90 Å². The van der Waals surface area contributed by atoms with Gasteiger partial charge in [-0.15, -0.1) is 0 Å². The minimum absolute atomic E-state index is 0.554. The number of fused-ring (bicyclic) bond motifs is 1. The summed E-state index contributed by atoms with van der Waals surface area (Å²) in [5, 5.41) is 3.53. The van der Waals surface area contributed by atoms with Crippen molar-refractivity contribution in [2.24, 2.45) is 5.92 Å². The van der Waals surface area contributed by atoms with Gasteiger partial charge in [0.05, 0.1) is 12.7 Å². The van der Waals surface area contributed by atoms with Gasteiger partial charge in [0.2, 0.25) is 0 Å². The summed E-state index contributed by atoms with van der Waals surface area (Å²) in [6, 6.07) is 0.738. The van der Waals surface area contributed by atoms with Crippen molar-refractivity contribution in [2.45, 2.75) is 58.1 Å². The fourth-order valence-corrected chi connectivity index (χ4v) is 3.24. The molecule has 1 heterocycles. The van der Waals surface area contributed by atoms with E-state index in [1.165, 1.54) is 45.2 Å². The van der Waals surface area contributed by atoms with E-state index in [9.17, 15) is 0 Å². The van der Waals surface area contributed by atoms with Crippen LogP contribution in [0.4, 0.5) is 0 Å². The van der Waals surface area contributed by atoms with Crippen molar-refractivity contribution in [3.8, 4) is 0 Å². The first-order valence-electron chi connectivity index (χ1n) is 7.83. The molecule has 1 saturated carbocycles. The highest BCUT2D eigenvalue weighted by Gasteiger charge is 2.35. The molecule has 3 heteroatoms. The lowest BCUT2D eigenvalue weighted by molar-refractivity contribution is -0.0558. The van der Waals surface area contributed by atoms with Crippen LogP contribution >= 0.6 is 0 Å². The van der Waals surface area contributed by atoms with E-state index >= 15 is 0 Å². The molecular weight excluding hydrogens is 224 g/mol. The molecule has 1 aliphatic heterocycles. The van der Waals surface area contributed by atoms with E-state index in [0.717, 1.165) is 31.7 Å². The normalized spacial score (nSPS) is 28.8. The van der Waals surface area contributed by atoms with Gasteiger partial charge in [0, 0.05) is 12.6 Å². The number of nitrogens with one attached hydrogen (secondary N) is 1. The molecule has 1 N–H and O–H groups in total. The van der Waals surface area contributed by atoms with Crippen LogP contribution in [0.2, 0.25) is 0 Å². The summed E-state index contributed by atoms with van der Waals surface area (Å²) in [4.78, 5) is 2.68. The zero-order valence-electron chi connectivity index (χ0n) is 12.2. The van der Waals surface area contributed by atoms with Crippen molar-refractivity contribution >= 4 is 0 Å². The third-order valence-corrected chi connectivity index (χ3v) is 4.20. The lowest BCUT2D eigenvalue weighted by Crippen LogP contribution is -2.48. The summed E-state index contributed by atoms with van der Waals surface area (Å²) in [6.07, 6.45) is 7.20. The summed E-state index contributed by atoms with van der Waals surface area (Å²) in [7, 11) is 0. The third-order valence-electron chi connectivity index (χ3n) is 4.20. The van der Waals surface area contributed by atoms with E-state index < -0.39 is 0 Å². The molecule has 0 amide bonds. The molecule has 3 nitrogen and oxygen atoms in total. The lowest BCUT2D eigenvalue weighted by atomic mass is 10.1. The summed E-state index contributed by atoms with van der Waals surface area (Å²) in [6.45, 7) is 10.2. The Labute approximate surface area is 112 Å². The van der Waals surface area contributed by atoms with Gasteiger partial charge in [-0.25, -0.2) is 0 Å². The molecule has 0 aromatic rings. The van der Waals surface area contributed by atoms with Crippen molar-refractivity contribution in [3.05, 3.63) is 0 Å². The average Bonchev–Trinajstić information content (AvgIpc) is 2.82. The topological polar surface area (TPSA) is 24.5 Å². The quantitative estimate of drug-likeness (QED) is 0.705. The largest absolute Gasteiger partial charge is 0.375 e. The molecule has 0 aromatic carbocycles. The molecule has 0 bridgehead atoms. The van der Waals surface area contributed by atoms with E-state index in [4.69, 9.17) is 4.74 Å². The highest BCUT2D eigenvalue weighted by Crippen LogP contribution is 2.29. The Hall–Kier alpha value is -0.120. The number of nitrogens with zero attached hydrogens (tertiary/aromatic N) is 1. The first-order valence-corrected chi connectivity index (χ1v) is 7.83. The second-order valence-corrected chi connectivity index (χ2v) is 6.25. The van der Waals surface area contributed by atoms with Crippen LogP contribution < -0.4 is 5.32 Å². The van der Waals surface area contributed by atoms with Crippen molar-refractivity contribution < 1.29 is 4.74 Å². The molecule has 0 spiro atoms. The van der Waals surface area contributed by atoms with Gasteiger partial charge < -0.3 is 10.1 Å². The van der Waals surface area contributed by atoms with Gasteiger partial charge in [-0.05, 0) is 57.7 Å². The average molecular weight is 254 g/mol. The van der Waals surface area contributed by atoms with Crippen molar-refractivity contribution in [1.82, 2.24) is 10.2 Å². The summed E-state index contributed by atoms with van der Waals surface area (Å²) in [5.41, 5.74) is 0. The predicted octanol–water partition coefficient (Wildman–Crippen LogP) is 2.27. The maximum absolute atomic E-state index is 5.85. The Balaban J connectivity index is 1.55. The van der Waals surface area contributed by atoms with Crippen LogP contribution in [0.3, 0.4) is 0 Å². The monoisotopic (exact) mass is 254 g/mol. The van der Waals surface area contributed by atoms with Crippen LogP contribution in [-0.2, 0) is 4.74 Å². The molecule has 2 unspecified atom stereocenters. The maximum atomic E-state index is 5.85. The zero-order valence-corrected chi connectivity index (χ0v) is 12.2. The molecule has 2 fully saturated rings. The Bertz CT molecular complexity index is 233. The van der Waals surface area contributed by atoms with Gasteiger partial charge in [-0.2, -0.15) is 0 Å². The smallest absolute Gasteiger partial charge is 0.0730 e. The van der Waals surface area contributed by atoms with Gasteiger partial charge in [0.25, 0.3) is 0 Å². The van der Waals surface area contributed by atoms with Crippen LogP contribution in [0.5, 0.6) is 0 Å². The van der Waals surface area contributed by atoms with Crippen LogP contribution in [0.25, 0.3) is 0 Å². The Kier molecular flexibility index (Phi) is 5.93. The molecule has 1 aliphatic carbocycles. The fraction of sp³-hybridized carbons (Fsp3) is 1.00. The minimum Gasteiger partial charge on any atom is -0.375 e. The predicted molar refractivity (Wildman–Crippen MR) is 75.9 cm³/mol. The molecule has 0 radical (unpaired) electrons. The van der Waals surface area contributed by atoms with Crippen molar-refractivity contribution in [3.63, 3.8) is 0 Å². The molecule has 2 atom stereocenters. The molecule has 18 heavy (non-hydrogen) atoms. The lowest BCUT2D eigenvalue weighted by Gasteiger charge is -2.37. The second-order valence-electron chi connectivity index (χ2n) is 6.25. The van der Waals surface area contributed by atoms with E-state index in [1.54, 1.807) is 0 Å². The van der Waals surface area contributed by atoms with Gasteiger partial charge in [0.15, 0.2) is 0 Å². The Morgan fingerprint density at radius 2 is 2.17 bits per heavy atom. The molecule has 1 saturated heterocycles. The first-order chi connectivity index (χ1) is 8.77. The number of ether oxygens (including phenoxy) is 1. The number of unbranched alkanes of at least 4 members (excludes halogenated alkanes) is 1. The highest BCUT2D eigenvalue weighted by molar-refractivity contribution is 4.89. The Morgan fingerprint density at radius 3 is 3.00 bits per heavy atom. The zero-order chi connectivity index (χ0) is 12.8. The van der Waals surface area contributed by atoms with E-state index in [1.807, 2.05) is 0 Å². The SMILES string of the molecule is CC(C)CNCCCCN1CCOC2CCCC21. The van der Waals surface area contributed by atoms with E-state index in [2.05, 4.69) is 24.1 Å². The number of hydrogen-bond acceptors (Lipinski definition) is 3. The summed E-state index contributed by atoms with van der Waals surface area (Å²) >= 11 is 0. The van der Waals surface area contributed by atoms with Crippen molar-refractivity contribution in [1.29, 1.82) is 0 Å². The van der Waals surface area contributed by atoms with Crippen LogP contribution in [0, 0.1) is 5.92 Å². The number of morpholine rings is 1. The fourth-order valence-electron chi connectivity index (χ4n) is 3.24. The Morgan fingerprint density at radius 1 is 1.28 bits per heavy atom. The van der Waals surface area contributed by atoms with E-state index in [-0.39, 0.29) is 0 Å². The maximum Gasteiger partial charge on any atom is 0.0730 e. The number of rotatable bonds is 7. The third kappa shape index (κ3) is 4.22. The minimum atomic E-state index is 0.554. The molecule has 106 valence electrons. The summed E-state index contributed by atoms with van der Waals surface area (Å²) in [5.74, 6) is 0.767. The van der Waals surface area contributed by atoms with Gasteiger partial charge in [0.1, 0.15) is 0 Å². The van der Waals surface area contributed by atoms with Crippen LogP contribution in [-0.4, -0.2) is 49.8 Å². The van der Waals surface area contributed by atoms with Crippen molar-refractivity contribution in [2.75, 3.05) is 32.8 Å². The molecular formula is C15H30N2O. The molecule has 0 aromatic heterocycles. The highest BCUT2D eigenvalue weighted by atomic mass is 16.5. The van der Waals surface area contributed by atoms with Gasteiger partial charge >= 0.3 is 0 Å². The second kappa shape index (κ2) is 7.46. The number of hydrogen-bond donors (Lipinski definition) is 1. The van der Waals surface area contributed by atoms with Crippen LogP contribution in [0.1, 0.15) is 46.0 Å². The van der Waals surface area contributed by atoms with E-state index in [0.29, 0.717) is 6.10 Å². The van der Waals surface area contributed by atoms with Crippen LogP contribution in [0.15, 0.2) is 0 Å². The summed E-state index contributed by atoms with van der Waals surface area (Å²) < 4.78 is 5.85. The molecule has 2 aliphatic rings. The molecule has 2 rings (SSSR count). The van der Waals surface area contributed by atoms with Gasteiger partial charge in [-0.1, -0.05) is 13.8 Å².